The summed E-state index contributed by atoms with van der Waals surface area (Å²) in [6.45, 7) is 4.85. The molecular formula is C24H27N5O3S. The second kappa shape index (κ2) is 10.4. The van der Waals surface area contributed by atoms with Gasteiger partial charge in [-0.3, -0.25) is 10.1 Å². The number of anilines is 3. The maximum absolute atomic E-state index is 12.8. The lowest BCUT2D eigenvalue weighted by atomic mass is 10.2. The molecule has 0 aliphatic carbocycles. The summed E-state index contributed by atoms with van der Waals surface area (Å²) in [4.78, 5) is 33.5. The number of hydrogen-bond acceptors (Lipinski definition) is 6. The molecule has 2 aromatic carbocycles. The summed E-state index contributed by atoms with van der Waals surface area (Å²) in [5.74, 6) is 0.878. The summed E-state index contributed by atoms with van der Waals surface area (Å²) in [6.07, 6.45) is 0.222. The number of urea groups is 1. The average molecular weight is 466 g/mol. The third-order valence-electron chi connectivity index (χ3n) is 5.45. The topological polar surface area (TPSA) is 86.8 Å². The molecule has 2 heterocycles. The SMILES string of the molecule is COc1ccc(N2CCN(C(=O)Cc3csc(NC(=O)Nc4cccc(C)c4)n3)CC2)cc1. The fraction of sp³-hybridized carbons (Fsp3) is 0.292. The molecule has 0 atom stereocenters. The molecule has 8 nitrogen and oxygen atoms in total. The van der Waals surface area contributed by atoms with Crippen LogP contribution in [0.25, 0.3) is 0 Å². The highest BCUT2D eigenvalue weighted by atomic mass is 32.1. The monoisotopic (exact) mass is 465 g/mol. The lowest BCUT2D eigenvalue weighted by molar-refractivity contribution is -0.130. The number of amides is 3. The van der Waals surface area contributed by atoms with E-state index in [-0.39, 0.29) is 18.4 Å². The van der Waals surface area contributed by atoms with Crippen molar-refractivity contribution in [3.05, 3.63) is 65.2 Å². The number of thiazole rings is 1. The lowest BCUT2D eigenvalue weighted by Gasteiger charge is -2.36. The van der Waals surface area contributed by atoms with E-state index in [2.05, 4.69) is 20.5 Å². The van der Waals surface area contributed by atoms with Gasteiger partial charge in [-0.15, -0.1) is 11.3 Å². The van der Waals surface area contributed by atoms with Crippen LogP contribution >= 0.6 is 11.3 Å². The van der Waals surface area contributed by atoms with Crippen molar-refractivity contribution in [3.8, 4) is 5.75 Å². The van der Waals surface area contributed by atoms with Crippen LogP contribution in [0.4, 0.5) is 21.3 Å². The number of benzene rings is 2. The fourth-order valence-electron chi connectivity index (χ4n) is 3.70. The quantitative estimate of drug-likeness (QED) is 0.575. The Morgan fingerprint density at radius 1 is 1.06 bits per heavy atom. The number of nitrogens with zero attached hydrogens (tertiary/aromatic N) is 3. The largest absolute Gasteiger partial charge is 0.497 e. The van der Waals surface area contributed by atoms with E-state index < -0.39 is 0 Å². The fourth-order valence-corrected chi connectivity index (χ4v) is 4.41. The maximum atomic E-state index is 12.8. The van der Waals surface area contributed by atoms with Gasteiger partial charge in [-0.1, -0.05) is 12.1 Å². The number of nitrogens with one attached hydrogen (secondary N) is 2. The van der Waals surface area contributed by atoms with Crippen LogP contribution < -0.4 is 20.3 Å². The summed E-state index contributed by atoms with van der Waals surface area (Å²) < 4.78 is 5.21. The molecule has 3 aromatic rings. The Morgan fingerprint density at radius 2 is 1.82 bits per heavy atom. The van der Waals surface area contributed by atoms with Crippen LogP contribution in [0.2, 0.25) is 0 Å². The predicted molar refractivity (Wildman–Crippen MR) is 131 cm³/mol. The van der Waals surface area contributed by atoms with E-state index in [1.165, 1.54) is 11.3 Å². The van der Waals surface area contributed by atoms with Crippen molar-refractivity contribution >= 4 is 39.8 Å². The van der Waals surface area contributed by atoms with Crippen molar-refractivity contribution in [2.24, 2.45) is 0 Å². The van der Waals surface area contributed by atoms with E-state index in [0.29, 0.717) is 29.6 Å². The minimum absolute atomic E-state index is 0.0467. The van der Waals surface area contributed by atoms with Crippen LogP contribution in [0.3, 0.4) is 0 Å². The van der Waals surface area contributed by atoms with Gasteiger partial charge in [0.2, 0.25) is 5.91 Å². The van der Waals surface area contributed by atoms with Gasteiger partial charge in [0.25, 0.3) is 0 Å². The van der Waals surface area contributed by atoms with Gasteiger partial charge in [-0.25, -0.2) is 9.78 Å². The van der Waals surface area contributed by atoms with Crippen LogP contribution in [-0.2, 0) is 11.2 Å². The van der Waals surface area contributed by atoms with E-state index in [0.717, 1.165) is 30.1 Å². The van der Waals surface area contributed by atoms with Gasteiger partial charge in [-0.2, -0.15) is 0 Å². The molecule has 1 aliphatic rings. The van der Waals surface area contributed by atoms with Crippen molar-refractivity contribution in [3.63, 3.8) is 0 Å². The first kappa shape index (κ1) is 22.6. The van der Waals surface area contributed by atoms with Gasteiger partial charge in [-0.05, 0) is 48.9 Å². The zero-order chi connectivity index (χ0) is 23.2. The number of carbonyl (C=O) groups is 2. The molecule has 1 fully saturated rings. The van der Waals surface area contributed by atoms with Gasteiger partial charge < -0.3 is 19.9 Å². The zero-order valence-electron chi connectivity index (χ0n) is 18.7. The summed E-state index contributed by atoms with van der Waals surface area (Å²) in [5.41, 5.74) is 3.57. The number of piperazine rings is 1. The highest BCUT2D eigenvalue weighted by Gasteiger charge is 2.22. The summed E-state index contributed by atoms with van der Waals surface area (Å²) in [7, 11) is 1.65. The number of aromatic nitrogens is 1. The lowest BCUT2D eigenvalue weighted by Crippen LogP contribution is -2.49. The standard InChI is InChI=1S/C24H27N5O3S/c1-17-4-3-5-18(14-17)25-23(31)27-24-26-19(16-33-24)15-22(30)29-12-10-28(11-13-29)20-6-8-21(32-2)9-7-20/h3-9,14,16H,10-13,15H2,1-2H3,(H2,25,26,27,31). The molecule has 1 aliphatic heterocycles. The van der Waals surface area contributed by atoms with Gasteiger partial charge in [0, 0.05) is 42.9 Å². The number of ether oxygens (including phenoxy) is 1. The molecule has 9 heteroatoms. The second-order valence-corrected chi connectivity index (χ2v) is 8.69. The Hall–Kier alpha value is -3.59. The van der Waals surface area contributed by atoms with Gasteiger partial charge in [0.15, 0.2) is 5.13 Å². The molecule has 3 amide bonds. The molecule has 33 heavy (non-hydrogen) atoms. The highest BCUT2D eigenvalue weighted by molar-refractivity contribution is 7.14. The van der Waals surface area contributed by atoms with Crippen molar-refractivity contribution in [2.75, 3.05) is 48.8 Å². The molecule has 0 bridgehead atoms. The Balaban J connectivity index is 1.25. The van der Waals surface area contributed by atoms with Gasteiger partial charge in [0.05, 0.1) is 19.2 Å². The molecule has 0 unspecified atom stereocenters. The molecule has 2 N–H and O–H groups in total. The van der Waals surface area contributed by atoms with E-state index in [9.17, 15) is 9.59 Å². The van der Waals surface area contributed by atoms with Crippen molar-refractivity contribution in [1.82, 2.24) is 9.88 Å². The molecule has 0 radical (unpaired) electrons. The Morgan fingerprint density at radius 3 is 2.52 bits per heavy atom. The minimum Gasteiger partial charge on any atom is -0.497 e. The third-order valence-corrected chi connectivity index (χ3v) is 6.26. The van der Waals surface area contributed by atoms with Crippen LogP contribution in [0, 0.1) is 6.92 Å². The molecule has 1 aromatic heterocycles. The minimum atomic E-state index is -0.359. The first-order valence-electron chi connectivity index (χ1n) is 10.8. The van der Waals surface area contributed by atoms with Crippen molar-refractivity contribution in [1.29, 1.82) is 0 Å². The Labute approximate surface area is 197 Å². The average Bonchev–Trinajstić information content (AvgIpc) is 3.25. The smallest absolute Gasteiger partial charge is 0.325 e. The number of carbonyl (C=O) groups excluding carboxylic acids is 2. The molecule has 1 saturated heterocycles. The predicted octanol–water partition coefficient (Wildman–Crippen LogP) is 4.00. The van der Waals surface area contributed by atoms with Crippen molar-refractivity contribution < 1.29 is 14.3 Å². The molecule has 172 valence electrons. The number of hydrogen-bond donors (Lipinski definition) is 2. The summed E-state index contributed by atoms with van der Waals surface area (Å²) in [6, 6.07) is 15.2. The summed E-state index contributed by atoms with van der Waals surface area (Å²) in [5, 5.41) is 7.80. The van der Waals surface area contributed by atoms with E-state index in [4.69, 9.17) is 4.74 Å². The molecular weight excluding hydrogens is 438 g/mol. The Kier molecular flexibility index (Phi) is 7.09. The highest BCUT2D eigenvalue weighted by Crippen LogP contribution is 2.21. The normalized spacial score (nSPS) is 13.5. The second-order valence-electron chi connectivity index (χ2n) is 7.84. The number of aryl methyl sites for hydroxylation is 1. The van der Waals surface area contributed by atoms with Crippen LogP contribution in [0.15, 0.2) is 53.9 Å². The zero-order valence-corrected chi connectivity index (χ0v) is 19.5. The van der Waals surface area contributed by atoms with Crippen molar-refractivity contribution in [2.45, 2.75) is 13.3 Å². The first-order chi connectivity index (χ1) is 16.0. The Bertz CT molecular complexity index is 1110. The van der Waals surface area contributed by atoms with E-state index in [1.54, 1.807) is 7.11 Å². The summed E-state index contributed by atoms with van der Waals surface area (Å²) >= 11 is 1.31. The number of rotatable bonds is 6. The molecule has 0 saturated carbocycles. The van der Waals surface area contributed by atoms with E-state index >= 15 is 0 Å². The van der Waals surface area contributed by atoms with Gasteiger partial charge in [0.1, 0.15) is 5.75 Å². The van der Waals surface area contributed by atoms with Crippen LogP contribution in [0.5, 0.6) is 5.75 Å². The van der Waals surface area contributed by atoms with Crippen LogP contribution in [-0.4, -0.2) is 55.1 Å². The maximum Gasteiger partial charge on any atom is 0.325 e. The molecule has 0 spiro atoms. The van der Waals surface area contributed by atoms with E-state index in [1.807, 2.05) is 65.7 Å². The molecule has 4 rings (SSSR count). The third kappa shape index (κ3) is 6.01. The number of methoxy groups -OCH3 is 1. The first-order valence-corrected chi connectivity index (χ1v) is 11.6. The van der Waals surface area contributed by atoms with Gasteiger partial charge >= 0.3 is 6.03 Å². The van der Waals surface area contributed by atoms with Crippen LogP contribution in [0.1, 0.15) is 11.3 Å².